The second kappa shape index (κ2) is 10.4. The van der Waals surface area contributed by atoms with Crippen molar-refractivity contribution >= 4 is 38.4 Å². The monoisotopic (exact) mass is 516 g/mol. The Morgan fingerprint density at radius 3 is 2.69 bits per heavy atom. The van der Waals surface area contributed by atoms with Gasteiger partial charge < -0.3 is 15.0 Å². The number of anilines is 1. The third-order valence-electron chi connectivity index (χ3n) is 6.35. The zero-order valence-electron chi connectivity index (χ0n) is 19.7. The van der Waals surface area contributed by atoms with Crippen LogP contribution in [0.1, 0.15) is 41.3 Å². The van der Waals surface area contributed by atoms with Crippen LogP contribution in [0.4, 0.5) is 9.80 Å². The first-order chi connectivity index (χ1) is 16.7. The van der Waals surface area contributed by atoms with E-state index < -0.39 is 22.0 Å². The Morgan fingerprint density at radius 2 is 2.00 bits per heavy atom. The fraction of sp³-hybridized carbons (Fsp3) is 0.458. The lowest BCUT2D eigenvalue weighted by atomic mass is 9.98. The summed E-state index contributed by atoms with van der Waals surface area (Å²) in [6.07, 6.45) is 1.25. The van der Waals surface area contributed by atoms with E-state index in [1.807, 2.05) is 6.92 Å². The summed E-state index contributed by atoms with van der Waals surface area (Å²) < 4.78 is 32.7. The number of benzene rings is 1. The summed E-state index contributed by atoms with van der Waals surface area (Å²) >= 11 is 1.29. The maximum absolute atomic E-state index is 13.1. The van der Waals surface area contributed by atoms with E-state index in [-0.39, 0.29) is 24.0 Å². The SMILES string of the molecule is CCOC(=O)N1CCc2c(sc(NC(=O)C3CCCN(S(=O)(=O)c4ccc(C)cc4)C3)c2C#N)C1. The number of hydrogen-bond acceptors (Lipinski definition) is 7. The molecule has 0 radical (unpaired) electrons. The number of rotatable bonds is 5. The number of sulfonamides is 1. The molecule has 186 valence electrons. The minimum Gasteiger partial charge on any atom is -0.450 e. The molecule has 1 aromatic heterocycles. The van der Waals surface area contributed by atoms with Crippen LogP contribution in [0.5, 0.6) is 0 Å². The molecular formula is C24H28N4O5S2. The lowest BCUT2D eigenvalue weighted by Gasteiger charge is -2.31. The molecule has 2 aliphatic rings. The summed E-state index contributed by atoms with van der Waals surface area (Å²) in [5.41, 5.74) is 2.24. The van der Waals surface area contributed by atoms with Crippen molar-refractivity contribution in [3.63, 3.8) is 0 Å². The lowest BCUT2D eigenvalue weighted by molar-refractivity contribution is -0.120. The fourth-order valence-electron chi connectivity index (χ4n) is 4.43. The molecule has 1 aromatic carbocycles. The van der Waals surface area contributed by atoms with Gasteiger partial charge in [-0.1, -0.05) is 17.7 Å². The van der Waals surface area contributed by atoms with Crippen molar-refractivity contribution in [1.29, 1.82) is 5.26 Å². The number of amides is 2. The highest BCUT2D eigenvalue weighted by Gasteiger charge is 2.34. The summed E-state index contributed by atoms with van der Waals surface area (Å²) in [6, 6.07) is 8.88. The van der Waals surface area contributed by atoms with E-state index in [2.05, 4.69) is 11.4 Å². The molecule has 9 nitrogen and oxygen atoms in total. The standard InChI is InChI=1S/C24H28N4O5S2/c1-3-33-24(30)27-12-10-19-20(13-25)23(34-21(19)15-27)26-22(29)17-5-4-11-28(14-17)35(31,32)18-8-6-16(2)7-9-18/h6-9,17H,3-5,10-12,14-15H2,1-2H3,(H,26,29). The molecule has 0 saturated carbocycles. The van der Waals surface area contributed by atoms with Crippen LogP contribution in [-0.2, 0) is 32.5 Å². The zero-order chi connectivity index (χ0) is 25.2. The molecule has 1 unspecified atom stereocenters. The van der Waals surface area contributed by atoms with Crippen molar-refractivity contribution in [1.82, 2.24) is 9.21 Å². The van der Waals surface area contributed by atoms with Gasteiger partial charge in [0, 0.05) is 24.5 Å². The molecule has 2 aliphatic heterocycles. The minimum absolute atomic E-state index is 0.0889. The highest BCUT2D eigenvalue weighted by atomic mass is 32.2. The van der Waals surface area contributed by atoms with E-state index in [0.717, 1.165) is 16.0 Å². The molecule has 11 heteroatoms. The molecule has 0 bridgehead atoms. The number of nitrogens with one attached hydrogen (secondary N) is 1. The number of aryl methyl sites for hydroxylation is 1. The smallest absolute Gasteiger partial charge is 0.410 e. The van der Waals surface area contributed by atoms with Gasteiger partial charge in [-0.25, -0.2) is 13.2 Å². The molecule has 0 spiro atoms. The maximum atomic E-state index is 13.1. The van der Waals surface area contributed by atoms with Crippen molar-refractivity contribution in [2.24, 2.45) is 5.92 Å². The Bertz CT molecular complexity index is 1260. The van der Waals surface area contributed by atoms with Crippen LogP contribution < -0.4 is 5.32 Å². The van der Waals surface area contributed by atoms with E-state index in [1.54, 1.807) is 36.1 Å². The van der Waals surface area contributed by atoms with Crippen LogP contribution in [0.25, 0.3) is 0 Å². The van der Waals surface area contributed by atoms with Crippen LogP contribution >= 0.6 is 11.3 Å². The minimum atomic E-state index is -3.70. The first-order valence-electron chi connectivity index (χ1n) is 11.6. The number of hydrogen-bond donors (Lipinski definition) is 1. The topological polar surface area (TPSA) is 120 Å². The predicted molar refractivity (Wildman–Crippen MR) is 131 cm³/mol. The molecule has 35 heavy (non-hydrogen) atoms. The summed E-state index contributed by atoms with van der Waals surface area (Å²) in [5.74, 6) is -0.822. The Morgan fingerprint density at radius 1 is 1.26 bits per heavy atom. The van der Waals surface area contributed by atoms with E-state index in [1.165, 1.54) is 15.6 Å². The van der Waals surface area contributed by atoms with Gasteiger partial charge >= 0.3 is 6.09 Å². The molecule has 1 fully saturated rings. The number of thiophene rings is 1. The highest BCUT2D eigenvalue weighted by molar-refractivity contribution is 7.89. The van der Waals surface area contributed by atoms with Crippen LogP contribution in [-0.4, -0.2) is 55.9 Å². The normalized spacial score (nSPS) is 18.4. The third kappa shape index (κ3) is 5.19. The van der Waals surface area contributed by atoms with Gasteiger partial charge in [0.15, 0.2) is 0 Å². The van der Waals surface area contributed by atoms with Gasteiger partial charge in [-0.2, -0.15) is 9.57 Å². The van der Waals surface area contributed by atoms with Crippen molar-refractivity contribution in [3.05, 3.63) is 45.8 Å². The van der Waals surface area contributed by atoms with Gasteiger partial charge in [0.05, 0.1) is 29.5 Å². The molecule has 2 amide bonds. The largest absolute Gasteiger partial charge is 0.450 e. The number of nitrogens with zero attached hydrogens (tertiary/aromatic N) is 3. The van der Waals surface area contributed by atoms with Crippen LogP contribution in [0.2, 0.25) is 0 Å². The Balaban J connectivity index is 1.48. The fourth-order valence-corrected chi connectivity index (χ4v) is 7.17. The van der Waals surface area contributed by atoms with Crippen LogP contribution in [0, 0.1) is 24.2 Å². The lowest BCUT2D eigenvalue weighted by Crippen LogP contribution is -2.43. The van der Waals surface area contributed by atoms with Gasteiger partial charge in [0.1, 0.15) is 11.1 Å². The summed E-state index contributed by atoms with van der Waals surface area (Å²) in [7, 11) is -3.70. The molecule has 1 saturated heterocycles. The summed E-state index contributed by atoms with van der Waals surface area (Å²) in [5, 5.41) is 13.1. The van der Waals surface area contributed by atoms with E-state index >= 15 is 0 Å². The molecule has 1 N–H and O–H groups in total. The second-order valence-electron chi connectivity index (χ2n) is 8.69. The van der Waals surface area contributed by atoms with Crippen molar-refractivity contribution in [2.45, 2.75) is 44.6 Å². The van der Waals surface area contributed by atoms with Crippen molar-refractivity contribution < 1.29 is 22.7 Å². The number of nitriles is 1. The van der Waals surface area contributed by atoms with E-state index in [0.29, 0.717) is 49.5 Å². The predicted octanol–water partition coefficient (Wildman–Crippen LogP) is 3.48. The number of ether oxygens (including phenoxy) is 1. The van der Waals surface area contributed by atoms with E-state index in [9.17, 15) is 23.3 Å². The summed E-state index contributed by atoms with van der Waals surface area (Å²) in [6.45, 7) is 5.15. The number of carbonyl (C=O) groups is 2. The molecule has 0 aliphatic carbocycles. The molecule has 2 aromatic rings. The average molecular weight is 517 g/mol. The third-order valence-corrected chi connectivity index (χ3v) is 9.36. The summed E-state index contributed by atoms with van der Waals surface area (Å²) in [4.78, 5) is 27.9. The average Bonchev–Trinajstić information content (AvgIpc) is 3.20. The highest BCUT2D eigenvalue weighted by Crippen LogP contribution is 2.37. The number of carbonyl (C=O) groups excluding carboxylic acids is 2. The van der Waals surface area contributed by atoms with Gasteiger partial charge in [0.2, 0.25) is 15.9 Å². The Hall–Kier alpha value is -2.94. The quantitative estimate of drug-likeness (QED) is 0.650. The van der Waals surface area contributed by atoms with Crippen LogP contribution in [0.15, 0.2) is 29.2 Å². The van der Waals surface area contributed by atoms with Gasteiger partial charge in [0.25, 0.3) is 0 Å². The number of fused-ring (bicyclic) bond motifs is 1. The molecule has 1 atom stereocenters. The van der Waals surface area contributed by atoms with Crippen molar-refractivity contribution in [3.8, 4) is 6.07 Å². The van der Waals surface area contributed by atoms with Crippen LogP contribution in [0.3, 0.4) is 0 Å². The maximum Gasteiger partial charge on any atom is 0.410 e. The number of piperidine rings is 1. The second-order valence-corrected chi connectivity index (χ2v) is 11.7. The first-order valence-corrected chi connectivity index (χ1v) is 13.8. The first kappa shape index (κ1) is 25.2. The van der Waals surface area contributed by atoms with Gasteiger partial charge in [-0.3, -0.25) is 4.79 Å². The molecule has 3 heterocycles. The van der Waals surface area contributed by atoms with E-state index in [4.69, 9.17) is 4.74 Å². The molecular weight excluding hydrogens is 488 g/mol. The van der Waals surface area contributed by atoms with Crippen molar-refractivity contribution in [2.75, 3.05) is 31.6 Å². The Kier molecular flexibility index (Phi) is 7.44. The van der Waals surface area contributed by atoms with Gasteiger partial charge in [-0.15, -0.1) is 11.3 Å². The van der Waals surface area contributed by atoms with Gasteiger partial charge in [-0.05, 0) is 50.8 Å². The Labute approximate surface area is 209 Å². The zero-order valence-corrected chi connectivity index (χ0v) is 21.4. The molecule has 4 rings (SSSR count).